The van der Waals surface area contributed by atoms with Gasteiger partial charge in [-0.15, -0.1) is 0 Å². The molecule has 0 fully saturated rings. The van der Waals surface area contributed by atoms with Crippen LogP contribution in [0.1, 0.15) is 28.4 Å². The predicted molar refractivity (Wildman–Crippen MR) is 133 cm³/mol. The van der Waals surface area contributed by atoms with Crippen molar-refractivity contribution >= 4 is 33.1 Å². The third kappa shape index (κ3) is 5.79. The highest BCUT2D eigenvalue weighted by atomic mass is 35.5. The second-order valence-corrected chi connectivity index (χ2v) is 10.7. The number of benzene rings is 3. The highest BCUT2D eigenvalue weighted by Gasteiger charge is 2.37. The van der Waals surface area contributed by atoms with Crippen LogP contribution >= 0.6 is 11.6 Å². The maximum absolute atomic E-state index is 13.5. The first kappa shape index (κ1) is 27.9. The molecule has 0 spiro atoms. The van der Waals surface area contributed by atoms with E-state index in [1.807, 2.05) is 0 Å². The van der Waals surface area contributed by atoms with Crippen molar-refractivity contribution in [1.82, 2.24) is 0 Å². The Morgan fingerprint density at radius 1 is 1.13 bits per heavy atom. The number of ketones is 1. The number of halogens is 5. The molecule has 1 unspecified atom stereocenters. The molecular weight excluding hydrogens is 550 g/mol. The molecule has 0 saturated carbocycles. The van der Waals surface area contributed by atoms with Gasteiger partial charge in [0.1, 0.15) is 17.7 Å². The summed E-state index contributed by atoms with van der Waals surface area (Å²) in [5, 5.41) is -0.342. The van der Waals surface area contributed by atoms with Crippen LogP contribution in [0.3, 0.4) is 0 Å². The van der Waals surface area contributed by atoms with E-state index >= 15 is 0 Å². The Hall–Kier alpha value is -3.15. The van der Waals surface area contributed by atoms with Gasteiger partial charge in [0.2, 0.25) is 0 Å². The highest BCUT2D eigenvalue weighted by Crippen LogP contribution is 2.39. The zero-order chi connectivity index (χ0) is 27.7. The van der Waals surface area contributed by atoms with Crippen molar-refractivity contribution in [3.05, 3.63) is 88.2 Å². The van der Waals surface area contributed by atoms with Crippen LogP contribution in [0.4, 0.5) is 23.2 Å². The Labute approximate surface area is 221 Å². The molecular formula is C26H22ClF4NO5S. The standard InChI is InChI=1S/C26H22ClF4NO5S/c1-2-36-15-18-14-32(38(34,35)19-9-7-17(28)8-10-19)22-12-16(6-11-24(22)37-18)13-23(33)25-20(26(29,30)31)4-3-5-21(25)27/h3-12,18H,2,13-15H2,1H3. The maximum Gasteiger partial charge on any atom is 0.417 e. The highest BCUT2D eigenvalue weighted by molar-refractivity contribution is 7.92. The van der Waals surface area contributed by atoms with E-state index in [1.54, 1.807) is 6.92 Å². The molecule has 38 heavy (non-hydrogen) atoms. The molecule has 6 nitrogen and oxygen atoms in total. The molecule has 1 aliphatic rings. The van der Waals surface area contributed by atoms with Crippen molar-refractivity contribution in [3.63, 3.8) is 0 Å². The van der Waals surface area contributed by atoms with Crippen molar-refractivity contribution in [3.8, 4) is 5.75 Å². The fourth-order valence-electron chi connectivity index (χ4n) is 4.08. The van der Waals surface area contributed by atoms with Gasteiger partial charge in [-0.2, -0.15) is 13.2 Å². The largest absolute Gasteiger partial charge is 0.484 e. The van der Waals surface area contributed by atoms with Crippen LogP contribution < -0.4 is 9.04 Å². The molecule has 1 atom stereocenters. The van der Waals surface area contributed by atoms with Crippen LogP contribution in [-0.2, 0) is 27.4 Å². The van der Waals surface area contributed by atoms with Crippen molar-refractivity contribution < 1.29 is 40.2 Å². The third-order valence-electron chi connectivity index (χ3n) is 5.83. The Morgan fingerprint density at radius 2 is 1.84 bits per heavy atom. The normalized spacial score (nSPS) is 15.6. The van der Waals surface area contributed by atoms with E-state index in [-0.39, 0.29) is 40.1 Å². The number of hydrogen-bond acceptors (Lipinski definition) is 5. The molecule has 0 radical (unpaired) electrons. The van der Waals surface area contributed by atoms with E-state index in [0.717, 1.165) is 40.7 Å². The molecule has 1 heterocycles. The number of hydrogen-bond donors (Lipinski definition) is 0. The summed E-state index contributed by atoms with van der Waals surface area (Å²) in [5.41, 5.74) is -1.49. The van der Waals surface area contributed by atoms with Crippen molar-refractivity contribution in [2.45, 2.75) is 30.5 Å². The van der Waals surface area contributed by atoms with Crippen LogP contribution in [0.2, 0.25) is 5.02 Å². The summed E-state index contributed by atoms with van der Waals surface area (Å²) in [6.07, 6.45) is -5.94. The summed E-state index contributed by atoms with van der Waals surface area (Å²) in [5.74, 6) is -1.32. The maximum atomic E-state index is 13.5. The Bertz CT molecular complexity index is 1440. The summed E-state index contributed by atoms with van der Waals surface area (Å²) in [7, 11) is -4.20. The Morgan fingerprint density at radius 3 is 2.50 bits per heavy atom. The number of ether oxygens (including phenoxy) is 2. The summed E-state index contributed by atoms with van der Waals surface area (Å²) in [4.78, 5) is 12.8. The second-order valence-electron chi connectivity index (χ2n) is 8.45. The molecule has 0 saturated heterocycles. The molecule has 0 bridgehead atoms. The van der Waals surface area contributed by atoms with E-state index in [4.69, 9.17) is 21.1 Å². The van der Waals surface area contributed by atoms with Crippen LogP contribution in [0.5, 0.6) is 5.75 Å². The minimum absolute atomic E-state index is 0.0857. The van der Waals surface area contributed by atoms with Gasteiger partial charge in [0, 0.05) is 18.6 Å². The van der Waals surface area contributed by atoms with Gasteiger partial charge in [0.15, 0.2) is 5.78 Å². The Kier molecular flexibility index (Phi) is 8.01. The van der Waals surface area contributed by atoms with Crippen molar-refractivity contribution in [2.75, 3.05) is 24.1 Å². The number of carbonyl (C=O) groups excluding carboxylic acids is 1. The summed E-state index contributed by atoms with van der Waals surface area (Å²) < 4.78 is 93.4. The number of nitrogens with zero attached hydrogens (tertiary/aromatic N) is 1. The second kappa shape index (κ2) is 10.9. The van der Waals surface area contributed by atoms with Crippen molar-refractivity contribution in [2.24, 2.45) is 0 Å². The summed E-state index contributed by atoms with van der Waals surface area (Å²) in [6, 6.07) is 11.6. The number of carbonyl (C=O) groups is 1. The molecule has 4 rings (SSSR count). The SMILES string of the molecule is CCOCC1CN(S(=O)(=O)c2ccc(F)cc2)c2cc(CC(=O)c3c(Cl)cccc3C(F)(F)F)ccc2O1. The smallest absolute Gasteiger partial charge is 0.417 e. The molecule has 0 aromatic heterocycles. The lowest BCUT2D eigenvalue weighted by Crippen LogP contribution is -2.45. The quantitative estimate of drug-likeness (QED) is 0.248. The lowest BCUT2D eigenvalue weighted by atomic mass is 9.97. The minimum Gasteiger partial charge on any atom is -0.484 e. The third-order valence-corrected chi connectivity index (χ3v) is 7.94. The van der Waals surface area contributed by atoms with E-state index in [1.165, 1.54) is 24.3 Å². The first-order chi connectivity index (χ1) is 17.9. The van der Waals surface area contributed by atoms with Gasteiger partial charge in [-0.05, 0) is 61.0 Å². The molecule has 3 aromatic carbocycles. The number of rotatable bonds is 8. The van der Waals surface area contributed by atoms with Gasteiger partial charge in [-0.1, -0.05) is 23.7 Å². The number of fused-ring (bicyclic) bond motifs is 1. The average molecular weight is 572 g/mol. The van der Waals surface area contributed by atoms with E-state index in [9.17, 15) is 30.8 Å². The zero-order valence-corrected chi connectivity index (χ0v) is 21.5. The molecule has 0 amide bonds. The molecule has 202 valence electrons. The first-order valence-electron chi connectivity index (χ1n) is 11.5. The first-order valence-corrected chi connectivity index (χ1v) is 13.3. The van der Waals surface area contributed by atoms with Gasteiger partial charge >= 0.3 is 6.18 Å². The predicted octanol–water partition coefficient (Wildman–Crippen LogP) is 5.92. The van der Waals surface area contributed by atoms with Gasteiger partial charge in [0.25, 0.3) is 10.0 Å². The Balaban J connectivity index is 1.72. The van der Waals surface area contributed by atoms with Crippen LogP contribution in [0, 0.1) is 5.82 Å². The molecule has 1 aliphatic heterocycles. The van der Waals surface area contributed by atoms with E-state index in [2.05, 4.69) is 0 Å². The van der Waals surface area contributed by atoms with Gasteiger partial charge < -0.3 is 9.47 Å². The van der Waals surface area contributed by atoms with Gasteiger partial charge in [0.05, 0.1) is 34.3 Å². The lowest BCUT2D eigenvalue weighted by molar-refractivity contribution is -0.137. The minimum atomic E-state index is -4.80. The van der Waals surface area contributed by atoms with E-state index < -0.39 is 51.5 Å². The molecule has 0 aliphatic carbocycles. The number of Topliss-reactive ketones (excluding diaryl/α,β-unsaturated/α-hetero) is 1. The number of anilines is 1. The van der Waals surface area contributed by atoms with Crippen LogP contribution in [-0.4, -0.2) is 40.1 Å². The number of sulfonamides is 1. The number of alkyl halides is 3. The average Bonchev–Trinajstić information content (AvgIpc) is 2.86. The van der Waals surface area contributed by atoms with Gasteiger partial charge in [-0.25, -0.2) is 12.8 Å². The van der Waals surface area contributed by atoms with Crippen LogP contribution in [0.15, 0.2) is 65.6 Å². The fraction of sp³-hybridized carbons (Fsp3) is 0.269. The van der Waals surface area contributed by atoms with Gasteiger partial charge in [-0.3, -0.25) is 9.10 Å². The molecule has 3 aromatic rings. The summed E-state index contributed by atoms with van der Waals surface area (Å²) >= 11 is 5.96. The topological polar surface area (TPSA) is 72.9 Å². The van der Waals surface area contributed by atoms with E-state index in [0.29, 0.717) is 6.61 Å². The monoisotopic (exact) mass is 571 g/mol. The molecule has 0 N–H and O–H groups in total. The lowest BCUT2D eigenvalue weighted by Gasteiger charge is -2.35. The fourth-order valence-corrected chi connectivity index (χ4v) is 5.86. The molecule has 12 heteroatoms. The van der Waals surface area contributed by atoms with Crippen LogP contribution in [0.25, 0.3) is 0 Å². The van der Waals surface area contributed by atoms with Crippen molar-refractivity contribution in [1.29, 1.82) is 0 Å². The summed E-state index contributed by atoms with van der Waals surface area (Å²) in [6.45, 7) is 2.10. The zero-order valence-electron chi connectivity index (χ0n) is 20.0.